The lowest BCUT2D eigenvalue weighted by molar-refractivity contribution is 0.0686. The second-order valence-electron chi connectivity index (χ2n) is 3.89. The maximum absolute atomic E-state index is 13.8. The zero-order valence-corrected chi connectivity index (χ0v) is 10.7. The van der Waals surface area contributed by atoms with Gasteiger partial charge in [0.2, 0.25) is 0 Å². The van der Waals surface area contributed by atoms with Crippen molar-refractivity contribution < 1.29 is 31.6 Å². The van der Waals surface area contributed by atoms with Gasteiger partial charge in [0, 0.05) is 12.3 Å². The molecule has 0 aliphatic carbocycles. The molecule has 0 bridgehead atoms. The van der Waals surface area contributed by atoms with E-state index in [4.69, 9.17) is 5.11 Å². The third-order valence-corrected chi connectivity index (χ3v) is 3.56. The van der Waals surface area contributed by atoms with Crippen LogP contribution in [0.4, 0.5) is 8.78 Å². The number of hydrogen-bond acceptors (Lipinski definition) is 5. The number of carboxylic acids is 1. The third kappa shape index (κ3) is 2.39. The Labute approximate surface area is 111 Å². The maximum Gasteiger partial charge on any atom is 0.358 e. The van der Waals surface area contributed by atoms with Crippen molar-refractivity contribution in [2.24, 2.45) is 0 Å². The maximum atomic E-state index is 13.8. The lowest BCUT2D eigenvalue weighted by Crippen LogP contribution is -2.03. The standard InChI is InChI=1S/C11H7F2NO5S/c1-20(17,18)8-3-2-5(9(12)10(8)13)7-4-6(11(15)16)14-19-7/h2-4H,1H3,(H,15,16). The minimum absolute atomic E-state index is 0.321. The molecule has 0 atom stereocenters. The molecule has 9 heteroatoms. The quantitative estimate of drug-likeness (QED) is 0.927. The second kappa shape index (κ2) is 4.67. The zero-order valence-electron chi connectivity index (χ0n) is 9.92. The van der Waals surface area contributed by atoms with Crippen molar-refractivity contribution >= 4 is 15.8 Å². The molecule has 1 heterocycles. The smallest absolute Gasteiger partial charge is 0.358 e. The Morgan fingerprint density at radius 1 is 1.30 bits per heavy atom. The minimum Gasteiger partial charge on any atom is -0.476 e. The number of aromatic nitrogens is 1. The summed E-state index contributed by atoms with van der Waals surface area (Å²) in [7, 11) is -3.92. The molecule has 1 N–H and O–H groups in total. The molecule has 0 saturated heterocycles. The number of benzene rings is 1. The van der Waals surface area contributed by atoms with Gasteiger partial charge in [-0.2, -0.15) is 0 Å². The lowest BCUT2D eigenvalue weighted by Gasteiger charge is -2.04. The second-order valence-corrected chi connectivity index (χ2v) is 5.88. The van der Waals surface area contributed by atoms with Crippen LogP contribution in [0.3, 0.4) is 0 Å². The molecule has 0 aliphatic rings. The predicted octanol–water partition coefficient (Wildman–Crippen LogP) is 1.72. The normalized spacial score (nSPS) is 11.6. The molecule has 6 nitrogen and oxygen atoms in total. The molecule has 2 rings (SSSR count). The van der Waals surface area contributed by atoms with E-state index in [2.05, 4.69) is 9.68 Å². The Morgan fingerprint density at radius 3 is 2.45 bits per heavy atom. The molecule has 0 spiro atoms. The number of carbonyl (C=O) groups is 1. The number of rotatable bonds is 3. The molecule has 0 saturated carbocycles. The van der Waals surface area contributed by atoms with E-state index in [-0.39, 0.29) is 5.76 Å². The highest BCUT2D eigenvalue weighted by atomic mass is 32.2. The first-order chi connectivity index (χ1) is 9.21. The molecule has 1 aromatic carbocycles. The van der Waals surface area contributed by atoms with E-state index in [9.17, 15) is 22.0 Å². The summed E-state index contributed by atoms with van der Waals surface area (Å²) >= 11 is 0. The summed E-state index contributed by atoms with van der Waals surface area (Å²) in [6.45, 7) is 0. The number of hydrogen-bond donors (Lipinski definition) is 1. The Balaban J connectivity index is 2.59. The van der Waals surface area contributed by atoms with Crippen LogP contribution in [0.2, 0.25) is 0 Å². The van der Waals surface area contributed by atoms with Crippen LogP contribution in [0.25, 0.3) is 11.3 Å². The molecule has 0 radical (unpaired) electrons. The summed E-state index contributed by atoms with van der Waals surface area (Å²) in [5, 5.41) is 11.8. The Bertz CT molecular complexity index is 797. The third-order valence-electron chi connectivity index (χ3n) is 2.44. The summed E-state index contributed by atoms with van der Waals surface area (Å²) in [6.07, 6.45) is 0.738. The van der Waals surface area contributed by atoms with Crippen LogP contribution in [0.5, 0.6) is 0 Å². The molecular formula is C11H7F2NO5S. The molecule has 0 aliphatic heterocycles. The molecule has 106 valence electrons. The first-order valence-corrected chi connectivity index (χ1v) is 6.99. The van der Waals surface area contributed by atoms with Crippen molar-refractivity contribution in [3.8, 4) is 11.3 Å². The topological polar surface area (TPSA) is 97.5 Å². The van der Waals surface area contributed by atoms with Gasteiger partial charge in [-0.15, -0.1) is 0 Å². The number of aromatic carboxylic acids is 1. The average Bonchev–Trinajstić information content (AvgIpc) is 2.80. The van der Waals surface area contributed by atoms with Crippen LogP contribution in [0.1, 0.15) is 10.5 Å². The predicted molar refractivity (Wildman–Crippen MR) is 61.9 cm³/mol. The van der Waals surface area contributed by atoms with Crippen molar-refractivity contribution in [1.29, 1.82) is 0 Å². The van der Waals surface area contributed by atoms with Crippen molar-refractivity contribution in [3.05, 3.63) is 35.5 Å². The van der Waals surface area contributed by atoms with E-state index < -0.39 is 43.6 Å². The van der Waals surface area contributed by atoms with Gasteiger partial charge in [-0.05, 0) is 12.1 Å². The van der Waals surface area contributed by atoms with Crippen molar-refractivity contribution in [2.75, 3.05) is 6.26 Å². The van der Waals surface area contributed by atoms with Crippen molar-refractivity contribution in [2.45, 2.75) is 4.90 Å². The van der Waals surface area contributed by atoms with E-state index in [1.807, 2.05) is 0 Å². The highest BCUT2D eigenvalue weighted by Gasteiger charge is 2.23. The summed E-state index contributed by atoms with van der Waals surface area (Å²) in [5.41, 5.74) is -0.901. The van der Waals surface area contributed by atoms with Gasteiger partial charge >= 0.3 is 5.97 Å². The van der Waals surface area contributed by atoms with Crippen LogP contribution in [-0.4, -0.2) is 30.9 Å². The van der Waals surface area contributed by atoms with Gasteiger partial charge in [-0.3, -0.25) is 0 Å². The van der Waals surface area contributed by atoms with E-state index in [1.54, 1.807) is 0 Å². The van der Waals surface area contributed by atoms with E-state index in [1.165, 1.54) is 0 Å². The summed E-state index contributed by atoms with van der Waals surface area (Å²) in [5.74, 6) is -4.73. The van der Waals surface area contributed by atoms with Gasteiger partial charge in [0.1, 0.15) is 4.90 Å². The van der Waals surface area contributed by atoms with Gasteiger partial charge < -0.3 is 9.63 Å². The Hall–Kier alpha value is -2.29. The number of carboxylic acid groups (broad SMARTS) is 1. The molecule has 0 amide bonds. The molecule has 2 aromatic rings. The van der Waals surface area contributed by atoms with Crippen LogP contribution >= 0.6 is 0 Å². The largest absolute Gasteiger partial charge is 0.476 e. The van der Waals surface area contributed by atoms with Crippen molar-refractivity contribution in [3.63, 3.8) is 0 Å². The minimum atomic E-state index is -3.92. The van der Waals surface area contributed by atoms with Crippen LogP contribution in [0.15, 0.2) is 27.6 Å². The molecule has 0 fully saturated rings. The molecular weight excluding hydrogens is 296 g/mol. The van der Waals surface area contributed by atoms with E-state index >= 15 is 0 Å². The lowest BCUT2D eigenvalue weighted by atomic mass is 10.1. The molecule has 0 unspecified atom stereocenters. The average molecular weight is 303 g/mol. The highest BCUT2D eigenvalue weighted by molar-refractivity contribution is 7.90. The molecule has 20 heavy (non-hydrogen) atoms. The van der Waals surface area contributed by atoms with Gasteiger partial charge in [0.25, 0.3) is 0 Å². The zero-order chi connectivity index (χ0) is 15.1. The first-order valence-electron chi connectivity index (χ1n) is 5.10. The molecule has 1 aromatic heterocycles. The summed E-state index contributed by atoms with van der Waals surface area (Å²) in [4.78, 5) is 9.82. The fourth-order valence-corrected chi connectivity index (χ4v) is 2.24. The summed E-state index contributed by atoms with van der Waals surface area (Å²) in [6, 6.07) is 2.74. The monoisotopic (exact) mass is 303 g/mol. The van der Waals surface area contributed by atoms with Crippen LogP contribution in [-0.2, 0) is 9.84 Å². The highest BCUT2D eigenvalue weighted by Crippen LogP contribution is 2.28. The Morgan fingerprint density at radius 2 is 1.95 bits per heavy atom. The van der Waals surface area contributed by atoms with E-state index in [0.29, 0.717) is 0 Å². The first kappa shape index (κ1) is 14.1. The number of halogens is 2. The SMILES string of the molecule is CS(=O)(=O)c1ccc(-c2cc(C(=O)O)no2)c(F)c1F. The van der Waals surface area contributed by atoms with Gasteiger partial charge in [-0.1, -0.05) is 5.16 Å². The van der Waals surface area contributed by atoms with E-state index in [0.717, 1.165) is 24.5 Å². The van der Waals surface area contributed by atoms with Gasteiger partial charge in [-0.25, -0.2) is 22.0 Å². The number of sulfone groups is 1. The van der Waals surface area contributed by atoms with Gasteiger partial charge in [0.15, 0.2) is 32.9 Å². The fourth-order valence-electron chi connectivity index (χ4n) is 1.51. The summed E-state index contributed by atoms with van der Waals surface area (Å²) < 4.78 is 54.5. The number of nitrogens with zero attached hydrogens (tertiary/aromatic N) is 1. The van der Waals surface area contributed by atoms with Gasteiger partial charge in [0.05, 0.1) is 5.56 Å². The Kier molecular flexibility index (Phi) is 3.30. The van der Waals surface area contributed by atoms with Crippen LogP contribution < -0.4 is 0 Å². The fraction of sp³-hybridized carbons (Fsp3) is 0.0909. The van der Waals surface area contributed by atoms with Crippen LogP contribution in [0, 0.1) is 11.6 Å². The van der Waals surface area contributed by atoms with Crippen molar-refractivity contribution in [1.82, 2.24) is 5.16 Å².